The summed E-state index contributed by atoms with van der Waals surface area (Å²) < 4.78 is 5.19. The lowest BCUT2D eigenvalue weighted by molar-refractivity contribution is 0.0682. The SMILES string of the molecule is CC1CN(C)CCN1Cn1nc(-c2cccs2)n(C2CC2)c1=S. The molecule has 5 nitrogen and oxygen atoms in total. The van der Waals surface area contributed by atoms with E-state index in [1.54, 1.807) is 11.3 Å². The molecule has 0 aromatic carbocycles. The number of likely N-dealkylation sites (N-methyl/N-ethyl adjacent to an activating group) is 1. The highest BCUT2D eigenvalue weighted by atomic mass is 32.1. The molecule has 2 aromatic heterocycles. The Kier molecular flexibility index (Phi) is 4.13. The number of piperazine rings is 1. The monoisotopic (exact) mass is 349 g/mol. The van der Waals surface area contributed by atoms with E-state index in [9.17, 15) is 0 Å². The summed E-state index contributed by atoms with van der Waals surface area (Å²) in [5.74, 6) is 1.05. The zero-order valence-corrected chi connectivity index (χ0v) is 15.3. The van der Waals surface area contributed by atoms with E-state index in [1.807, 2.05) is 4.68 Å². The lowest BCUT2D eigenvalue weighted by Gasteiger charge is -2.37. The molecular weight excluding hydrogens is 326 g/mol. The second-order valence-corrected chi connectivity index (χ2v) is 8.06. The first-order valence-electron chi connectivity index (χ1n) is 8.29. The molecule has 0 radical (unpaired) electrons. The summed E-state index contributed by atoms with van der Waals surface area (Å²) in [4.78, 5) is 6.09. The fourth-order valence-electron chi connectivity index (χ4n) is 3.31. The quantitative estimate of drug-likeness (QED) is 0.794. The third-order valence-corrected chi connectivity index (χ3v) is 6.08. The van der Waals surface area contributed by atoms with Crippen molar-refractivity contribution in [3.8, 4) is 10.7 Å². The molecule has 2 aromatic rings. The average Bonchev–Trinajstić information content (AvgIpc) is 3.09. The number of thiophene rings is 1. The molecule has 1 saturated carbocycles. The molecule has 1 atom stereocenters. The number of aromatic nitrogens is 3. The first-order valence-corrected chi connectivity index (χ1v) is 9.58. The van der Waals surface area contributed by atoms with Gasteiger partial charge >= 0.3 is 0 Å². The smallest absolute Gasteiger partial charge is 0.199 e. The molecule has 1 aliphatic heterocycles. The van der Waals surface area contributed by atoms with Crippen LogP contribution in [0.15, 0.2) is 17.5 Å². The van der Waals surface area contributed by atoms with E-state index >= 15 is 0 Å². The van der Waals surface area contributed by atoms with Gasteiger partial charge in [0.25, 0.3) is 0 Å². The minimum absolute atomic E-state index is 0.534. The second-order valence-electron chi connectivity index (χ2n) is 6.75. The molecule has 1 unspecified atom stereocenters. The van der Waals surface area contributed by atoms with Gasteiger partial charge in [-0.3, -0.25) is 9.47 Å². The fourth-order valence-corrected chi connectivity index (χ4v) is 4.35. The van der Waals surface area contributed by atoms with Crippen molar-refractivity contribution >= 4 is 23.6 Å². The summed E-state index contributed by atoms with van der Waals surface area (Å²) in [7, 11) is 2.19. The van der Waals surface area contributed by atoms with Crippen molar-refractivity contribution in [1.82, 2.24) is 24.1 Å². The van der Waals surface area contributed by atoms with Gasteiger partial charge in [-0.15, -0.1) is 16.4 Å². The topological polar surface area (TPSA) is 29.2 Å². The predicted molar refractivity (Wildman–Crippen MR) is 96.3 cm³/mol. The molecule has 0 bridgehead atoms. The number of hydrogen-bond acceptors (Lipinski definition) is 5. The van der Waals surface area contributed by atoms with Crippen molar-refractivity contribution in [2.75, 3.05) is 26.7 Å². The van der Waals surface area contributed by atoms with Crippen LogP contribution in [0.4, 0.5) is 0 Å². The number of nitrogens with zero attached hydrogens (tertiary/aromatic N) is 5. The Labute approximate surface area is 146 Å². The van der Waals surface area contributed by atoms with Crippen molar-refractivity contribution in [3.63, 3.8) is 0 Å². The Morgan fingerprint density at radius 3 is 2.83 bits per heavy atom. The van der Waals surface area contributed by atoms with Crippen molar-refractivity contribution in [2.24, 2.45) is 0 Å². The summed E-state index contributed by atoms with van der Waals surface area (Å²) >= 11 is 7.51. The highest BCUT2D eigenvalue weighted by Gasteiger charge is 2.30. The summed E-state index contributed by atoms with van der Waals surface area (Å²) in [6.07, 6.45) is 2.45. The third kappa shape index (κ3) is 3.03. The first kappa shape index (κ1) is 15.5. The molecule has 0 amide bonds. The van der Waals surface area contributed by atoms with Gasteiger partial charge in [-0.05, 0) is 50.5 Å². The molecule has 23 heavy (non-hydrogen) atoms. The molecule has 1 saturated heterocycles. The maximum atomic E-state index is 5.76. The zero-order chi connectivity index (χ0) is 16.0. The lowest BCUT2D eigenvalue weighted by atomic mass is 10.2. The van der Waals surface area contributed by atoms with Crippen LogP contribution in [-0.4, -0.2) is 56.9 Å². The summed E-state index contributed by atoms with van der Waals surface area (Å²) in [6, 6.07) is 5.32. The van der Waals surface area contributed by atoms with Crippen LogP contribution in [0.1, 0.15) is 25.8 Å². The molecule has 2 fully saturated rings. The third-order valence-electron chi connectivity index (χ3n) is 4.81. The van der Waals surface area contributed by atoms with Gasteiger partial charge in [-0.2, -0.15) is 0 Å². The van der Waals surface area contributed by atoms with Gasteiger partial charge in [0.15, 0.2) is 10.6 Å². The molecule has 3 heterocycles. The molecule has 1 aliphatic carbocycles. The molecule has 7 heteroatoms. The van der Waals surface area contributed by atoms with Crippen LogP contribution in [0.5, 0.6) is 0 Å². The predicted octanol–water partition coefficient (Wildman–Crippen LogP) is 3.07. The van der Waals surface area contributed by atoms with Gasteiger partial charge in [0, 0.05) is 31.7 Å². The van der Waals surface area contributed by atoms with Gasteiger partial charge in [0.2, 0.25) is 0 Å². The summed E-state index contributed by atoms with van der Waals surface area (Å²) in [5, 5.41) is 7.00. The summed E-state index contributed by atoms with van der Waals surface area (Å²) in [6.45, 7) is 6.38. The van der Waals surface area contributed by atoms with Crippen molar-refractivity contribution in [1.29, 1.82) is 0 Å². The maximum absolute atomic E-state index is 5.76. The van der Waals surface area contributed by atoms with E-state index in [2.05, 4.69) is 45.9 Å². The number of hydrogen-bond donors (Lipinski definition) is 0. The van der Waals surface area contributed by atoms with Gasteiger partial charge < -0.3 is 4.90 Å². The Balaban J connectivity index is 1.64. The Morgan fingerprint density at radius 2 is 2.17 bits per heavy atom. The Morgan fingerprint density at radius 1 is 1.35 bits per heavy atom. The standard InChI is InChI=1S/C16H23N5S2/c1-12-10-18(2)7-8-19(12)11-20-16(22)21(13-5-6-13)15(17-20)14-4-3-9-23-14/h3-4,9,12-13H,5-8,10-11H2,1-2H3. The van der Waals surface area contributed by atoms with Crippen LogP contribution < -0.4 is 0 Å². The maximum Gasteiger partial charge on any atom is 0.199 e. The first-order chi connectivity index (χ1) is 11.1. The Bertz CT molecular complexity index is 728. The molecule has 2 aliphatic rings. The van der Waals surface area contributed by atoms with Crippen LogP contribution >= 0.6 is 23.6 Å². The number of rotatable bonds is 4. The van der Waals surface area contributed by atoms with E-state index in [0.29, 0.717) is 12.1 Å². The van der Waals surface area contributed by atoms with Gasteiger partial charge in [0.1, 0.15) is 0 Å². The minimum Gasteiger partial charge on any atom is -0.304 e. The van der Waals surface area contributed by atoms with Crippen molar-refractivity contribution in [2.45, 2.75) is 38.5 Å². The second kappa shape index (κ2) is 6.12. The average molecular weight is 350 g/mol. The Hall–Kier alpha value is -1.02. The highest BCUT2D eigenvalue weighted by molar-refractivity contribution is 7.71. The van der Waals surface area contributed by atoms with Gasteiger partial charge in [0.05, 0.1) is 11.5 Å². The van der Waals surface area contributed by atoms with E-state index in [4.69, 9.17) is 17.3 Å². The van der Waals surface area contributed by atoms with Crippen LogP contribution in [-0.2, 0) is 6.67 Å². The molecule has 0 N–H and O–H groups in total. The van der Waals surface area contributed by atoms with E-state index in [1.165, 1.54) is 17.7 Å². The van der Waals surface area contributed by atoms with E-state index < -0.39 is 0 Å². The molecular formula is C16H23N5S2. The van der Waals surface area contributed by atoms with Gasteiger partial charge in [-0.25, -0.2) is 4.68 Å². The fraction of sp³-hybridized carbons (Fsp3) is 0.625. The largest absolute Gasteiger partial charge is 0.304 e. The van der Waals surface area contributed by atoms with Crippen LogP contribution in [0.3, 0.4) is 0 Å². The van der Waals surface area contributed by atoms with Crippen LogP contribution in [0, 0.1) is 4.77 Å². The lowest BCUT2D eigenvalue weighted by Crippen LogP contribution is -2.50. The molecule has 124 valence electrons. The van der Waals surface area contributed by atoms with E-state index in [0.717, 1.165) is 36.9 Å². The van der Waals surface area contributed by atoms with Crippen molar-refractivity contribution in [3.05, 3.63) is 22.3 Å². The molecule has 0 spiro atoms. The minimum atomic E-state index is 0.534. The van der Waals surface area contributed by atoms with Crippen LogP contribution in [0.25, 0.3) is 10.7 Å². The molecule has 4 rings (SSSR count). The highest BCUT2D eigenvalue weighted by Crippen LogP contribution is 2.39. The summed E-state index contributed by atoms with van der Waals surface area (Å²) in [5.41, 5.74) is 0. The van der Waals surface area contributed by atoms with E-state index in [-0.39, 0.29) is 0 Å². The van der Waals surface area contributed by atoms with Gasteiger partial charge in [-0.1, -0.05) is 6.07 Å². The zero-order valence-electron chi connectivity index (χ0n) is 13.7. The van der Waals surface area contributed by atoms with Crippen molar-refractivity contribution < 1.29 is 0 Å². The van der Waals surface area contributed by atoms with Crippen LogP contribution in [0.2, 0.25) is 0 Å². The normalized spacial score (nSPS) is 23.5.